The predicted octanol–water partition coefficient (Wildman–Crippen LogP) is 1.04. The highest BCUT2D eigenvalue weighted by molar-refractivity contribution is 7.15. The third kappa shape index (κ3) is 1.12. The first-order valence-corrected chi connectivity index (χ1v) is 5.03. The lowest BCUT2D eigenvalue weighted by Crippen LogP contribution is -2.00. The van der Waals surface area contributed by atoms with Crippen molar-refractivity contribution in [2.24, 2.45) is 0 Å². The Morgan fingerprint density at radius 1 is 1.43 bits per heavy atom. The molecule has 0 unspecified atom stereocenters. The summed E-state index contributed by atoms with van der Waals surface area (Å²) < 4.78 is 3.86. The molecule has 0 aliphatic rings. The fraction of sp³-hybridized carbons (Fsp3) is 0.125. The highest BCUT2D eigenvalue weighted by atomic mass is 32.1. The van der Waals surface area contributed by atoms with Gasteiger partial charge in [0.15, 0.2) is 0 Å². The summed E-state index contributed by atoms with van der Waals surface area (Å²) in [6, 6.07) is 0. The lowest BCUT2D eigenvalue weighted by molar-refractivity contribution is 0.741. The smallest absolute Gasteiger partial charge is 0.212 e. The zero-order valence-corrected chi connectivity index (χ0v) is 8.05. The van der Waals surface area contributed by atoms with Crippen molar-refractivity contribution in [2.45, 2.75) is 6.54 Å². The highest BCUT2D eigenvalue weighted by Crippen LogP contribution is 2.13. The molecule has 3 rings (SSSR count). The Labute approximate surface area is 83.7 Å². The molecule has 0 bridgehead atoms. The molecule has 0 aliphatic carbocycles. The standard InChI is InChI=1S/C8H7N5S/c1-2-12(6-9-1)3-7-4-14-8-10-5-11-13(7)8/h1-2,4-6H,3H2. The molecular formula is C8H7N5S. The van der Waals surface area contributed by atoms with Crippen LogP contribution >= 0.6 is 11.3 Å². The third-order valence-electron chi connectivity index (χ3n) is 1.99. The molecule has 0 N–H and O–H groups in total. The molecule has 0 aliphatic heterocycles. The largest absolute Gasteiger partial charge is 0.331 e. The molecule has 6 heteroatoms. The van der Waals surface area contributed by atoms with Crippen LogP contribution in [-0.4, -0.2) is 24.1 Å². The van der Waals surface area contributed by atoms with E-state index in [1.54, 1.807) is 30.2 Å². The van der Waals surface area contributed by atoms with E-state index in [2.05, 4.69) is 20.4 Å². The number of fused-ring (bicyclic) bond motifs is 1. The maximum atomic E-state index is 4.14. The Bertz CT molecular complexity index is 535. The molecule has 14 heavy (non-hydrogen) atoms. The lowest BCUT2D eigenvalue weighted by Gasteiger charge is -1.98. The quantitative estimate of drug-likeness (QED) is 0.628. The maximum absolute atomic E-state index is 4.14. The molecule has 0 saturated heterocycles. The van der Waals surface area contributed by atoms with Crippen molar-refractivity contribution in [1.29, 1.82) is 0 Å². The van der Waals surface area contributed by atoms with Gasteiger partial charge in [-0.1, -0.05) is 0 Å². The molecule has 5 nitrogen and oxygen atoms in total. The number of aromatic nitrogens is 5. The number of thiazole rings is 1. The zero-order chi connectivity index (χ0) is 9.38. The summed E-state index contributed by atoms with van der Waals surface area (Å²) in [5.41, 5.74) is 1.13. The minimum absolute atomic E-state index is 0.781. The van der Waals surface area contributed by atoms with Crippen molar-refractivity contribution >= 4 is 16.3 Å². The van der Waals surface area contributed by atoms with Crippen LogP contribution in [0, 0.1) is 0 Å². The minimum Gasteiger partial charge on any atom is -0.331 e. The molecule has 70 valence electrons. The predicted molar refractivity (Wildman–Crippen MR) is 52.2 cm³/mol. The van der Waals surface area contributed by atoms with Gasteiger partial charge in [0, 0.05) is 17.8 Å². The van der Waals surface area contributed by atoms with Crippen molar-refractivity contribution < 1.29 is 0 Å². The van der Waals surface area contributed by atoms with E-state index in [-0.39, 0.29) is 0 Å². The number of imidazole rings is 1. The van der Waals surface area contributed by atoms with E-state index >= 15 is 0 Å². The van der Waals surface area contributed by atoms with E-state index in [0.29, 0.717) is 0 Å². The van der Waals surface area contributed by atoms with E-state index < -0.39 is 0 Å². The van der Waals surface area contributed by atoms with Gasteiger partial charge < -0.3 is 4.57 Å². The second kappa shape index (κ2) is 2.91. The van der Waals surface area contributed by atoms with Gasteiger partial charge in [0.05, 0.1) is 18.6 Å². The molecule has 0 spiro atoms. The maximum Gasteiger partial charge on any atom is 0.212 e. The average Bonchev–Trinajstić information content (AvgIpc) is 2.85. The molecule has 3 aromatic rings. The van der Waals surface area contributed by atoms with Crippen LogP contribution < -0.4 is 0 Å². The van der Waals surface area contributed by atoms with Crippen LogP contribution in [0.2, 0.25) is 0 Å². The molecule has 3 aromatic heterocycles. The molecule has 0 amide bonds. The molecule has 0 aromatic carbocycles. The summed E-state index contributed by atoms with van der Waals surface area (Å²) in [7, 11) is 0. The molecular weight excluding hydrogens is 198 g/mol. The van der Waals surface area contributed by atoms with Crippen LogP contribution in [0.25, 0.3) is 4.96 Å². The second-order valence-electron chi connectivity index (χ2n) is 2.92. The molecule has 0 saturated carbocycles. The van der Waals surface area contributed by atoms with Gasteiger partial charge >= 0.3 is 0 Å². The van der Waals surface area contributed by atoms with Gasteiger partial charge in [-0.05, 0) is 0 Å². The van der Waals surface area contributed by atoms with Crippen molar-refractivity contribution in [3.8, 4) is 0 Å². The van der Waals surface area contributed by atoms with Crippen molar-refractivity contribution in [1.82, 2.24) is 24.1 Å². The van der Waals surface area contributed by atoms with Crippen LogP contribution in [0.4, 0.5) is 0 Å². The van der Waals surface area contributed by atoms with Gasteiger partial charge in [-0.3, -0.25) is 0 Å². The van der Waals surface area contributed by atoms with Gasteiger partial charge in [-0.15, -0.1) is 11.3 Å². The van der Waals surface area contributed by atoms with Crippen molar-refractivity contribution in [2.75, 3.05) is 0 Å². The third-order valence-corrected chi connectivity index (χ3v) is 2.87. The van der Waals surface area contributed by atoms with E-state index in [9.17, 15) is 0 Å². The summed E-state index contributed by atoms with van der Waals surface area (Å²) >= 11 is 1.60. The van der Waals surface area contributed by atoms with Crippen LogP contribution in [0.3, 0.4) is 0 Å². The van der Waals surface area contributed by atoms with E-state index in [1.807, 2.05) is 15.3 Å². The van der Waals surface area contributed by atoms with Gasteiger partial charge in [0.2, 0.25) is 4.96 Å². The van der Waals surface area contributed by atoms with Crippen molar-refractivity contribution in [3.63, 3.8) is 0 Å². The monoisotopic (exact) mass is 205 g/mol. The van der Waals surface area contributed by atoms with Crippen LogP contribution in [-0.2, 0) is 6.54 Å². The fourth-order valence-corrected chi connectivity index (χ4v) is 2.14. The summed E-state index contributed by atoms with van der Waals surface area (Å²) in [6.45, 7) is 0.781. The molecule has 3 heterocycles. The van der Waals surface area contributed by atoms with Crippen molar-refractivity contribution in [3.05, 3.63) is 36.1 Å². The molecule has 0 atom stereocenters. The number of hydrogen-bond acceptors (Lipinski definition) is 4. The van der Waals surface area contributed by atoms with E-state index in [1.165, 1.54) is 0 Å². The van der Waals surface area contributed by atoms with Crippen LogP contribution in [0.15, 0.2) is 30.4 Å². The second-order valence-corrected chi connectivity index (χ2v) is 3.75. The number of rotatable bonds is 2. The highest BCUT2D eigenvalue weighted by Gasteiger charge is 2.04. The topological polar surface area (TPSA) is 48.0 Å². The number of hydrogen-bond donors (Lipinski definition) is 0. The fourth-order valence-electron chi connectivity index (χ4n) is 1.35. The minimum atomic E-state index is 0.781. The lowest BCUT2D eigenvalue weighted by atomic mass is 10.5. The van der Waals surface area contributed by atoms with Gasteiger partial charge in [0.1, 0.15) is 6.33 Å². The summed E-state index contributed by atoms with van der Waals surface area (Å²) in [4.78, 5) is 9.04. The Hall–Kier alpha value is -1.69. The Balaban J connectivity index is 2.02. The first-order chi connectivity index (χ1) is 6.93. The molecule has 0 radical (unpaired) electrons. The SMILES string of the molecule is c1cn(Cc2csc3ncnn23)cn1. The summed E-state index contributed by atoms with van der Waals surface area (Å²) in [5.74, 6) is 0. The first-order valence-electron chi connectivity index (χ1n) is 4.15. The summed E-state index contributed by atoms with van der Waals surface area (Å²) in [6.07, 6.45) is 7.06. The summed E-state index contributed by atoms with van der Waals surface area (Å²) in [5, 5.41) is 6.21. The normalized spacial score (nSPS) is 11.1. The molecule has 0 fully saturated rings. The van der Waals surface area contributed by atoms with Gasteiger partial charge in [-0.25, -0.2) is 14.5 Å². The average molecular weight is 205 g/mol. The first kappa shape index (κ1) is 7.69. The number of nitrogens with zero attached hydrogens (tertiary/aromatic N) is 5. The van der Waals surface area contributed by atoms with E-state index in [4.69, 9.17) is 0 Å². The van der Waals surface area contributed by atoms with E-state index in [0.717, 1.165) is 17.2 Å². The Morgan fingerprint density at radius 3 is 3.29 bits per heavy atom. The Kier molecular flexibility index (Phi) is 1.60. The zero-order valence-electron chi connectivity index (χ0n) is 7.24. The van der Waals surface area contributed by atoms with Gasteiger partial charge in [-0.2, -0.15) is 5.10 Å². The Morgan fingerprint density at radius 2 is 2.43 bits per heavy atom. The van der Waals surface area contributed by atoms with Crippen LogP contribution in [0.1, 0.15) is 5.69 Å². The van der Waals surface area contributed by atoms with Crippen LogP contribution in [0.5, 0.6) is 0 Å². The van der Waals surface area contributed by atoms with Gasteiger partial charge in [0.25, 0.3) is 0 Å².